The number of aromatic nitrogens is 3. The largest absolute Gasteiger partial charge is 0.311 e. The van der Waals surface area contributed by atoms with Crippen molar-refractivity contribution >= 4 is 85.3 Å². The van der Waals surface area contributed by atoms with E-state index < -0.39 is 0 Å². The quantitative estimate of drug-likeness (QED) is 0.134. The molecule has 0 saturated heterocycles. The summed E-state index contributed by atoms with van der Waals surface area (Å²) in [5.74, 6) is 1.85. The molecule has 77 heavy (non-hydrogen) atoms. The van der Waals surface area contributed by atoms with E-state index in [4.69, 9.17) is 15.0 Å². The van der Waals surface area contributed by atoms with Gasteiger partial charge in [0.1, 0.15) is 0 Å². The highest BCUT2D eigenvalue weighted by Crippen LogP contribution is 2.56. The van der Waals surface area contributed by atoms with Crippen LogP contribution >= 0.6 is 0 Å². The van der Waals surface area contributed by atoms with E-state index in [1.54, 1.807) is 0 Å². The average Bonchev–Trinajstić information content (AvgIpc) is 3.52. The molecular formula is C69H48N8. The fourth-order valence-corrected chi connectivity index (χ4v) is 10.8. The molecule has 0 spiro atoms. The molecule has 0 saturated carbocycles. The number of hydrogen-bond acceptors (Lipinski definition) is 8. The molecule has 2 aliphatic heterocycles. The Bertz CT molecular complexity index is 3710. The summed E-state index contributed by atoms with van der Waals surface area (Å²) in [7, 11) is 0. The van der Waals surface area contributed by atoms with Crippen LogP contribution in [0.3, 0.4) is 0 Å². The van der Waals surface area contributed by atoms with Crippen LogP contribution in [0.4, 0.5) is 85.3 Å². The summed E-state index contributed by atoms with van der Waals surface area (Å²) in [5, 5.41) is 0. The van der Waals surface area contributed by atoms with Crippen LogP contribution < -0.4 is 24.5 Å². The molecule has 0 amide bonds. The molecule has 3 heterocycles. The highest BCUT2D eigenvalue weighted by atomic mass is 15.3. The number of hydrogen-bond donors (Lipinski definition) is 0. The fraction of sp³-hybridized carbons (Fsp3) is 0. The van der Waals surface area contributed by atoms with Gasteiger partial charge in [-0.3, -0.25) is 0 Å². The van der Waals surface area contributed by atoms with Crippen LogP contribution in [0.5, 0.6) is 0 Å². The molecule has 1 aromatic heterocycles. The molecule has 0 fully saturated rings. The highest BCUT2D eigenvalue weighted by molar-refractivity contribution is 6.03. The number of nitrogens with zero attached hydrogens (tertiary/aromatic N) is 8. The van der Waals surface area contributed by atoms with Gasteiger partial charge in [0.25, 0.3) is 0 Å². The monoisotopic (exact) mass is 988 g/mol. The molecule has 0 N–H and O–H groups in total. The van der Waals surface area contributed by atoms with Crippen molar-refractivity contribution in [3.8, 4) is 34.2 Å². The van der Waals surface area contributed by atoms with Gasteiger partial charge in [0.15, 0.2) is 17.5 Å². The molecule has 14 rings (SSSR count). The molecule has 12 aromatic rings. The van der Waals surface area contributed by atoms with E-state index in [1.165, 1.54) is 0 Å². The zero-order valence-electron chi connectivity index (χ0n) is 41.8. The third-order valence-electron chi connectivity index (χ3n) is 14.3. The van der Waals surface area contributed by atoms with Crippen LogP contribution in [-0.4, -0.2) is 15.0 Å². The minimum absolute atomic E-state index is 0.602. The van der Waals surface area contributed by atoms with Crippen LogP contribution in [-0.2, 0) is 0 Å². The van der Waals surface area contributed by atoms with Gasteiger partial charge in [-0.15, -0.1) is 0 Å². The van der Waals surface area contributed by atoms with Crippen LogP contribution in [0.15, 0.2) is 291 Å². The second-order valence-corrected chi connectivity index (χ2v) is 18.9. The first-order valence-electron chi connectivity index (χ1n) is 25.9. The van der Waals surface area contributed by atoms with Crippen LogP contribution in [0.1, 0.15) is 0 Å². The lowest BCUT2D eigenvalue weighted by Crippen LogP contribution is -2.24. The van der Waals surface area contributed by atoms with Gasteiger partial charge >= 0.3 is 0 Å². The zero-order valence-corrected chi connectivity index (χ0v) is 41.8. The summed E-state index contributed by atoms with van der Waals surface area (Å²) < 4.78 is 0. The lowest BCUT2D eigenvalue weighted by atomic mass is 10.0. The normalized spacial score (nSPS) is 12.3. The van der Waals surface area contributed by atoms with Crippen molar-refractivity contribution in [2.24, 2.45) is 0 Å². The van der Waals surface area contributed by atoms with E-state index in [0.717, 1.165) is 102 Å². The highest BCUT2D eigenvalue weighted by Gasteiger charge is 2.32. The average molecular weight is 989 g/mol. The SMILES string of the molecule is c1ccc(-c2nc(-c3ccccc3)nc(-c3ccc(N(c4ccc(N5c6ccccc6N(c6ccccc6)c6ccccc65)cc4)c4ccc(N5c6ccccc6N(c6ccccc6)c6ccccc65)cc4)cc3)n2)cc1. The summed E-state index contributed by atoms with van der Waals surface area (Å²) in [6.07, 6.45) is 0. The Kier molecular flexibility index (Phi) is 11.3. The van der Waals surface area contributed by atoms with E-state index in [-0.39, 0.29) is 0 Å². The summed E-state index contributed by atoms with van der Waals surface area (Å²) in [6.45, 7) is 0. The van der Waals surface area contributed by atoms with Gasteiger partial charge in [-0.25, -0.2) is 15.0 Å². The third-order valence-corrected chi connectivity index (χ3v) is 14.3. The number of benzene rings is 11. The first-order valence-corrected chi connectivity index (χ1v) is 25.9. The van der Waals surface area contributed by atoms with E-state index in [9.17, 15) is 0 Å². The van der Waals surface area contributed by atoms with Gasteiger partial charge in [-0.2, -0.15) is 0 Å². The van der Waals surface area contributed by atoms with Gasteiger partial charge in [-0.05, 0) is 146 Å². The number of fused-ring (bicyclic) bond motifs is 4. The van der Waals surface area contributed by atoms with Crippen molar-refractivity contribution in [2.45, 2.75) is 0 Å². The maximum absolute atomic E-state index is 5.06. The number of para-hydroxylation sites is 10. The lowest BCUT2D eigenvalue weighted by molar-refractivity contribution is 1.07. The maximum Gasteiger partial charge on any atom is 0.164 e. The minimum Gasteiger partial charge on any atom is -0.311 e. The summed E-state index contributed by atoms with van der Waals surface area (Å²) in [5.41, 5.74) is 18.9. The second-order valence-electron chi connectivity index (χ2n) is 18.9. The van der Waals surface area contributed by atoms with Gasteiger partial charge in [0, 0.05) is 56.5 Å². The Morgan fingerprint density at radius 2 is 0.403 bits per heavy atom. The van der Waals surface area contributed by atoms with Crippen molar-refractivity contribution in [3.05, 3.63) is 291 Å². The molecule has 0 atom stereocenters. The van der Waals surface area contributed by atoms with Gasteiger partial charge in [0.05, 0.1) is 45.5 Å². The first kappa shape index (κ1) is 45.1. The van der Waals surface area contributed by atoms with E-state index in [1.807, 2.05) is 60.7 Å². The van der Waals surface area contributed by atoms with Gasteiger partial charge in [0.2, 0.25) is 0 Å². The molecule has 0 bridgehead atoms. The van der Waals surface area contributed by atoms with Crippen molar-refractivity contribution < 1.29 is 0 Å². The Morgan fingerprint density at radius 1 is 0.195 bits per heavy atom. The molecule has 8 heteroatoms. The molecule has 11 aromatic carbocycles. The molecule has 0 radical (unpaired) electrons. The van der Waals surface area contributed by atoms with E-state index in [0.29, 0.717) is 17.5 Å². The van der Waals surface area contributed by atoms with Gasteiger partial charge < -0.3 is 24.5 Å². The Balaban J connectivity index is 0.871. The Morgan fingerprint density at radius 3 is 0.675 bits per heavy atom. The van der Waals surface area contributed by atoms with E-state index in [2.05, 4.69) is 255 Å². The molecular weight excluding hydrogens is 941 g/mol. The topological polar surface area (TPSA) is 54.9 Å². The van der Waals surface area contributed by atoms with Crippen molar-refractivity contribution in [1.29, 1.82) is 0 Å². The fourth-order valence-electron chi connectivity index (χ4n) is 10.8. The van der Waals surface area contributed by atoms with Crippen LogP contribution in [0, 0.1) is 0 Å². The summed E-state index contributed by atoms with van der Waals surface area (Å²) in [6, 6.07) is 102. The first-order chi connectivity index (χ1) is 38.2. The molecule has 0 aliphatic carbocycles. The van der Waals surface area contributed by atoms with Crippen molar-refractivity contribution in [1.82, 2.24) is 15.0 Å². The number of rotatable bonds is 10. The smallest absolute Gasteiger partial charge is 0.164 e. The predicted molar refractivity (Wildman–Crippen MR) is 317 cm³/mol. The standard InChI is InChI=1S/C69H48N8/c1-5-21-49(22-6-1)67-70-68(50-23-7-2-8-24-50)72-69(71-67)51-37-39-54(40-38-51)73(55-41-45-57(46-42-55)76-63-33-17-13-29-59(63)74(52-25-9-3-10-26-52)60-30-14-18-34-64(60)76)56-43-47-58(48-44-56)77-65-35-19-15-31-61(65)75(53-27-11-4-12-28-53)62-32-16-20-36-66(62)77/h1-48H. The maximum atomic E-state index is 5.06. The summed E-state index contributed by atoms with van der Waals surface area (Å²) in [4.78, 5) is 26.8. The van der Waals surface area contributed by atoms with Crippen molar-refractivity contribution in [2.75, 3.05) is 24.5 Å². The van der Waals surface area contributed by atoms with E-state index >= 15 is 0 Å². The Hall–Kier alpha value is -10.6. The minimum atomic E-state index is 0.602. The predicted octanol–water partition coefficient (Wildman–Crippen LogP) is 18.8. The second kappa shape index (κ2) is 19.4. The van der Waals surface area contributed by atoms with Crippen LogP contribution in [0.25, 0.3) is 34.2 Å². The van der Waals surface area contributed by atoms with Gasteiger partial charge in [-0.1, -0.05) is 146 Å². The molecule has 2 aliphatic rings. The Labute approximate surface area is 448 Å². The molecule has 364 valence electrons. The summed E-state index contributed by atoms with van der Waals surface area (Å²) >= 11 is 0. The number of anilines is 15. The van der Waals surface area contributed by atoms with Crippen LogP contribution in [0.2, 0.25) is 0 Å². The molecule has 8 nitrogen and oxygen atoms in total. The third kappa shape index (κ3) is 8.18. The van der Waals surface area contributed by atoms with Crippen molar-refractivity contribution in [3.63, 3.8) is 0 Å². The zero-order chi connectivity index (χ0) is 51.1. The molecule has 0 unspecified atom stereocenters. The lowest BCUT2D eigenvalue weighted by Gasteiger charge is -2.40.